The average molecular weight is 411 g/mol. The molecule has 0 unspecified atom stereocenters. The molecule has 2 aliphatic heterocycles. The Morgan fingerprint density at radius 1 is 1.03 bits per heavy atom. The predicted molar refractivity (Wildman–Crippen MR) is 116 cm³/mol. The maximum Gasteiger partial charge on any atom is 0.238 e. The van der Waals surface area contributed by atoms with Gasteiger partial charge in [0.2, 0.25) is 5.91 Å². The van der Waals surface area contributed by atoms with Crippen LogP contribution in [0.1, 0.15) is 43.7 Å². The summed E-state index contributed by atoms with van der Waals surface area (Å²) in [6.07, 6.45) is 5.41. The third kappa shape index (κ3) is 5.05. The molecule has 4 rings (SSSR count). The number of nitrogens with zero attached hydrogens (tertiary/aromatic N) is 1. The first-order valence-electron chi connectivity index (χ1n) is 10.8. The minimum absolute atomic E-state index is 0.00935. The molecule has 1 fully saturated rings. The van der Waals surface area contributed by atoms with Crippen LogP contribution in [0.15, 0.2) is 42.5 Å². The highest BCUT2D eigenvalue weighted by atomic mass is 16.5. The van der Waals surface area contributed by atoms with E-state index in [9.17, 15) is 4.79 Å². The number of hydrogen-bond acceptors (Lipinski definition) is 5. The molecule has 6 heteroatoms. The molecule has 1 atom stereocenters. The Hall–Kier alpha value is -2.73. The van der Waals surface area contributed by atoms with Gasteiger partial charge in [-0.1, -0.05) is 25.0 Å². The quantitative estimate of drug-likeness (QED) is 0.791. The fourth-order valence-corrected chi connectivity index (χ4v) is 4.19. The van der Waals surface area contributed by atoms with Crippen LogP contribution in [0.3, 0.4) is 0 Å². The summed E-state index contributed by atoms with van der Waals surface area (Å²) in [5.74, 6) is 2.27. The van der Waals surface area contributed by atoms with Crippen LogP contribution in [0.2, 0.25) is 0 Å². The summed E-state index contributed by atoms with van der Waals surface area (Å²) >= 11 is 0. The van der Waals surface area contributed by atoms with E-state index in [-0.39, 0.29) is 11.9 Å². The summed E-state index contributed by atoms with van der Waals surface area (Å²) in [7, 11) is 1.68. The molecule has 0 spiro atoms. The number of carbonyl (C=O) groups excluding carboxylic acids is 1. The van der Waals surface area contributed by atoms with E-state index >= 15 is 0 Å². The summed E-state index contributed by atoms with van der Waals surface area (Å²) in [5.41, 5.74) is 1.97. The van der Waals surface area contributed by atoms with Crippen LogP contribution in [0.5, 0.6) is 17.2 Å². The number of likely N-dealkylation sites (tertiary alicyclic amines) is 1. The van der Waals surface area contributed by atoms with Gasteiger partial charge in [0.1, 0.15) is 5.75 Å². The van der Waals surface area contributed by atoms with Crippen molar-refractivity contribution in [3.63, 3.8) is 0 Å². The van der Waals surface area contributed by atoms with E-state index in [1.165, 1.54) is 18.4 Å². The van der Waals surface area contributed by atoms with Crippen molar-refractivity contribution in [2.24, 2.45) is 0 Å². The smallest absolute Gasteiger partial charge is 0.238 e. The minimum atomic E-state index is -0.00935. The lowest BCUT2D eigenvalue weighted by molar-refractivity contribution is -0.117. The second kappa shape index (κ2) is 9.85. The van der Waals surface area contributed by atoms with E-state index in [4.69, 9.17) is 14.2 Å². The van der Waals surface area contributed by atoms with Crippen molar-refractivity contribution in [2.75, 3.05) is 38.7 Å². The molecule has 0 saturated carbocycles. The highest BCUT2D eigenvalue weighted by Crippen LogP contribution is 2.33. The van der Waals surface area contributed by atoms with E-state index in [1.54, 1.807) is 7.11 Å². The maximum absolute atomic E-state index is 12.9. The van der Waals surface area contributed by atoms with Gasteiger partial charge in [-0.3, -0.25) is 9.69 Å². The molecule has 1 saturated heterocycles. The monoisotopic (exact) mass is 410 g/mol. The van der Waals surface area contributed by atoms with Crippen molar-refractivity contribution < 1.29 is 19.0 Å². The highest BCUT2D eigenvalue weighted by molar-refractivity contribution is 5.92. The van der Waals surface area contributed by atoms with Crippen LogP contribution < -0.4 is 19.5 Å². The van der Waals surface area contributed by atoms with Gasteiger partial charge in [0.25, 0.3) is 0 Å². The lowest BCUT2D eigenvalue weighted by Gasteiger charge is -2.30. The number of hydrogen-bond donors (Lipinski definition) is 1. The Morgan fingerprint density at radius 2 is 1.83 bits per heavy atom. The van der Waals surface area contributed by atoms with Crippen LogP contribution >= 0.6 is 0 Å². The van der Waals surface area contributed by atoms with Crippen LogP contribution in [0, 0.1) is 0 Å². The first kappa shape index (κ1) is 20.5. The lowest BCUT2D eigenvalue weighted by atomic mass is 10.0. The molecule has 0 aliphatic carbocycles. The summed E-state index contributed by atoms with van der Waals surface area (Å²) in [6, 6.07) is 14.0. The third-order valence-corrected chi connectivity index (χ3v) is 5.74. The zero-order valence-electron chi connectivity index (χ0n) is 17.6. The summed E-state index contributed by atoms with van der Waals surface area (Å²) < 4.78 is 16.7. The molecule has 2 aromatic carbocycles. The lowest BCUT2D eigenvalue weighted by Crippen LogP contribution is -2.36. The summed E-state index contributed by atoms with van der Waals surface area (Å²) in [5, 5.41) is 3.03. The van der Waals surface area contributed by atoms with Crippen molar-refractivity contribution in [1.82, 2.24) is 4.90 Å². The number of anilines is 1. The third-order valence-electron chi connectivity index (χ3n) is 5.74. The maximum atomic E-state index is 12.9. The van der Waals surface area contributed by atoms with E-state index in [0.717, 1.165) is 43.0 Å². The summed E-state index contributed by atoms with van der Waals surface area (Å²) in [4.78, 5) is 15.2. The second-order valence-electron chi connectivity index (χ2n) is 7.87. The van der Waals surface area contributed by atoms with Gasteiger partial charge in [-0.05, 0) is 49.2 Å². The molecular formula is C24H30N2O4. The minimum Gasteiger partial charge on any atom is -0.497 e. The average Bonchev–Trinajstić information content (AvgIpc) is 3.14. The zero-order chi connectivity index (χ0) is 20.8. The fourth-order valence-electron chi connectivity index (χ4n) is 4.19. The van der Waals surface area contributed by atoms with Gasteiger partial charge in [-0.2, -0.15) is 0 Å². The number of amides is 1. The Kier molecular flexibility index (Phi) is 6.74. The first-order valence-corrected chi connectivity index (χ1v) is 10.8. The van der Waals surface area contributed by atoms with Crippen LogP contribution in [-0.2, 0) is 4.79 Å². The van der Waals surface area contributed by atoms with Crippen molar-refractivity contribution in [3.8, 4) is 17.2 Å². The van der Waals surface area contributed by atoms with E-state index in [0.29, 0.717) is 25.5 Å². The normalized spacial score (nSPS) is 19.4. The Morgan fingerprint density at radius 3 is 2.63 bits per heavy atom. The molecule has 1 N–H and O–H groups in total. The molecule has 0 bridgehead atoms. The number of benzene rings is 2. The number of methoxy groups -OCH3 is 1. The predicted octanol–water partition coefficient (Wildman–Crippen LogP) is 4.41. The number of nitrogens with one attached hydrogen (secondary N) is 1. The SMILES string of the molecule is COc1ccc([C@H]2CCCCCN2CC(=O)Nc2ccc3c(c2)OCCCO3)cc1. The number of ether oxygens (including phenoxy) is 3. The van der Waals surface area contributed by atoms with Crippen LogP contribution in [0.25, 0.3) is 0 Å². The molecule has 160 valence electrons. The van der Waals surface area contributed by atoms with Crippen LogP contribution in [-0.4, -0.2) is 44.2 Å². The Bertz CT molecular complexity index is 853. The molecule has 0 aromatic heterocycles. The van der Waals surface area contributed by atoms with Crippen molar-refractivity contribution in [1.29, 1.82) is 0 Å². The van der Waals surface area contributed by atoms with Crippen molar-refractivity contribution in [3.05, 3.63) is 48.0 Å². The van der Waals surface area contributed by atoms with E-state index in [2.05, 4.69) is 22.3 Å². The standard InChI is InChI=1S/C24H30N2O4/c1-28-20-10-7-18(8-11-20)21-6-3-2-4-13-26(21)17-24(27)25-19-9-12-22-23(16-19)30-15-5-14-29-22/h7-12,16,21H,2-6,13-15,17H2,1H3,(H,25,27)/t21-/m1/s1. The van der Waals surface area contributed by atoms with Gasteiger partial charge >= 0.3 is 0 Å². The van der Waals surface area contributed by atoms with E-state index < -0.39 is 0 Å². The molecule has 2 aliphatic rings. The Labute approximate surface area is 178 Å². The van der Waals surface area contributed by atoms with Gasteiger partial charge in [0.05, 0.1) is 26.9 Å². The van der Waals surface area contributed by atoms with Gasteiger partial charge in [-0.15, -0.1) is 0 Å². The second-order valence-corrected chi connectivity index (χ2v) is 7.87. The van der Waals surface area contributed by atoms with E-state index in [1.807, 2.05) is 30.3 Å². The highest BCUT2D eigenvalue weighted by Gasteiger charge is 2.24. The van der Waals surface area contributed by atoms with Gasteiger partial charge < -0.3 is 19.5 Å². The molecule has 1 amide bonds. The molecule has 2 aromatic rings. The molecular weight excluding hydrogens is 380 g/mol. The largest absolute Gasteiger partial charge is 0.497 e. The van der Waals surface area contributed by atoms with Gasteiger partial charge in [0.15, 0.2) is 11.5 Å². The molecule has 0 radical (unpaired) electrons. The molecule has 2 heterocycles. The van der Waals surface area contributed by atoms with Crippen molar-refractivity contribution >= 4 is 11.6 Å². The number of carbonyl (C=O) groups is 1. The zero-order valence-corrected chi connectivity index (χ0v) is 17.6. The Balaban J connectivity index is 1.44. The van der Waals surface area contributed by atoms with Gasteiger partial charge in [-0.25, -0.2) is 0 Å². The number of fused-ring (bicyclic) bond motifs is 1. The number of rotatable bonds is 5. The van der Waals surface area contributed by atoms with Crippen LogP contribution in [0.4, 0.5) is 5.69 Å². The topological polar surface area (TPSA) is 60.0 Å². The molecule has 6 nitrogen and oxygen atoms in total. The first-order chi connectivity index (χ1) is 14.7. The summed E-state index contributed by atoms with van der Waals surface area (Å²) in [6.45, 7) is 2.57. The van der Waals surface area contributed by atoms with Crippen molar-refractivity contribution in [2.45, 2.75) is 38.1 Å². The molecule has 30 heavy (non-hydrogen) atoms. The fraction of sp³-hybridized carbons (Fsp3) is 0.458. The van der Waals surface area contributed by atoms with Gasteiger partial charge in [0, 0.05) is 24.2 Å².